The van der Waals surface area contributed by atoms with Crippen LogP contribution in [0.4, 0.5) is 5.69 Å². The van der Waals surface area contributed by atoms with Gasteiger partial charge in [0.25, 0.3) is 11.8 Å². The molecule has 2 amide bonds. The predicted molar refractivity (Wildman–Crippen MR) is 132 cm³/mol. The maximum absolute atomic E-state index is 13.2. The molecule has 1 saturated heterocycles. The van der Waals surface area contributed by atoms with Crippen LogP contribution in [0.3, 0.4) is 0 Å². The smallest absolute Gasteiger partial charge is 0.270 e. The molecule has 1 aliphatic heterocycles. The van der Waals surface area contributed by atoms with E-state index in [0.717, 1.165) is 4.90 Å². The molecule has 2 aromatic carbocycles. The molecule has 0 atom stereocenters. The van der Waals surface area contributed by atoms with Crippen molar-refractivity contribution in [3.05, 3.63) is 81.6 Å². The lowest BCUT2D eigenvalue weighted by Crippen LogP contribution is -2.54. The molecule has 0 spiro atoms. The maximum Gasteiger partial charge on any atom is 0.270 e. The minimum absolute atomic E-state index is 0.00314. The van der Waals surface area contributed by atoms with E-state index in [9.17, 15) is 9.59 Å². The highest BCUT2D eigenvalue weighted by Gasteiger charge is 2.35. The number of carbonyl (C=O) groups excluding carboxylic acids is 2. The molecule has 0 bridgehead atoms. The number of anilines is 1. The van der Waals surface area contributed by atoms with Gasteiger partial charge in [0.15, 0.2) is 5.11 Å². The number of aryl methyl sites for hydroxylation is 1. The second-order valence-corrected chi connectivity index (χ2v) is 9.04. The first-order valence-corrected chi connectivity index (χ1v) is 11.6. The van der Waals surface area contributed by atoms with E-state index in [4.69, 9.17) is 35.4 Å². The summed E-state index contributed by atoms with van der Waals surface area (Å²) in [6, 6.07) is 16.4. The molecule has 0 saturated carbocycles. The van der Waals surface area contributed by atoms with Crippen LogP contribution < -0.4 is 10.2 Å². The van der Waals surface area contributed by atoms with Crippen LogP contribution in [0.5, 0.6) is 0 Å². The van der Waals surface area contributed by atoms with Crippen molar-refractivity contribution in [3.63, 3.8) is 0 Å². The molecule has 2 heterocycles. The van der Waals surface area contributed by atoms with Crippen LogP contribution in [-0.4, -0.2) is 26.7 Å². The third kappa shape index (κ3) is 4.59. The number of benzene rings is 2. The van der Waals surface area contributed by atoms with Crippen molar-refractivity contribution in [3.8, 4) is 0 Å². The van der Waals surface area contributed by atoms with Crippen molar-refractivity contribution in [2.24, 2.45) is 7.05 Å². The number of rotatable bonds is 5. The van der Waals surface area contributed by atoms with Gasteiger partial charge in [0.1, 0.15) is 10.7 Å². The van der Waals surface area contributed by atoms with Crippen molar-refractivity contribution in [2.45, 2.75) is 10.6 Å². The molecule has 1 N–H and O–H groups in total. The van der Waals surface area contributed by atoms with Crippen molar-refractivity contribution in [1.29, 1.82) is 0 Å². The summed E-state index contributed by atoms with van der Waals surface area (Å²) in [6.45, 7) is 0. The number of amides is 2. The van der Waals surface area contributed by atoms with Crippen molar-refractivity contribution >= 4 is 75.9 Å². The average molecular weight is 503 g/mol. The van der Waals surface area contributed by atoms with E-state index in [1.807, 2.05) is 30.3 Å². The summed E-state index contributed by atoms with van der Waals surface area (Å²) in [5.41, 5.74) is 1.58. The molecule has 0 radical (unpaired) electrons. The van der Waals surface area contributed by atoms with E-state index < -0.39 is 11.8 Å². The number of carbonyl (C=O) groups is 2. The number of thiocarbonyl (C=S) groups is 1. The number of nitrogens with one attached hydrogen (secondary N) is 1. The number of thioether (sulfide) groups is 1. The van der Waals surface area contributed by atoms with Gasteiger partial charge < -0.3 is 0 Å². The Morgan fingerprint density at radius 2 is 1.78 bits per heavy atom. The van der Waals surface area contributed by atoms with Gasteiger partial charge in [0.2, 0.25) is 0 Å². The molecule has 0 unspecified atom stereocenters. The predicted octanol–water partition coefficient (Wildman–Crippen LogP) is 4.85. The van der Waals surface area contributed by atoms with E-state index in [-0.39, 0.29) is 10.7 Å². The second-order valence-electron chi connectivity index (χ2n) is 6.81. The lowest BCUT2D eigenvalue weighted by molar-refractivity contribution is -0.122. The molecule has 162 valence electrons. The molecule has 6 nitrogen and oxygen atoms in total. The molecule has 0 aliphatic carbocycles. The van der Waals surface area contributed by atoms with Gasteiger partial charge >= 0.3 is 0 Å². The van der Waals surface area contributed by atoms with Gasteiger partial charge in [0, 0.05) is 28.3 Å². The fraction of sp³-hybridized carbons (Fsp3) is 0.0909. The number of hydrogen-bond acceptors (Lipinski definition) is 5. The number of hydrogen-bond donors (Lipinski definition) is 1. The van der Waals surface area contributed by atoms with Gasteiger partial charge in [-0.2, -0.15) is 5.10 Å². The Morgan fingerprint density at radius 1 is 1.09 bits per heavy atom. The van der Waals surface area contributed by atoms with Crippen LogP contribution in [0.2, 0.25) is 10.2 Å². The zero-order valence-corrected chi connectivity index (χ0v) is 19.9. The topological polar surface area (TPSA) is 67.2 Å². The highest BCUT2D eigenvalue weighted by Crippen LogP contribution is 2.30. The Bertz CT molecular complexity index is 1240. The van der Waals surface area contributed by atoms with E-state index in [1.54, 1.807) is 43.1 Å². The van der Waals surface area contributed by atoms with Crippen LogP contribution in [0.15, 0.2) is 65.1 Å². The average Bonchev–Trinajstić information content (AvgIpc) is 3.04. The number of halogens is 2. The first-order chi connectivity index (χ1) is 15.3. The van der Waals surface area contributed by atoms with Gasteiger partial charge in [-0.15, -0.1) is 11.8 Å². The largest absolute Gasteiger partial charge is 0.298 e. The molecule has 1 aromatic heterocycles. The van der Waals surface area contributed by atoms with Gasteiger partial charge in [-0.1, -0.05) is 41.4 Å². The lowest BCUT2D eigenvalue weighted by atomic mass is 10.1. The van der Waals surface area contributed by atoms with Crippen molar-refractivity contribution in [2.75, 3.05) is 4.90 Å². The zero-order chi connectivity index (χ0) is 22.8. The van der Waals surface area contributed by atoms with Crippen LogP contribution >= 0.6 is 47.2 Å². The Hall–Kier alpha value is -2.65. The third-order valence-electron chi connectivity index (χ3n) is 4.68. The molecule has 3 aromatic rings. The Morgan fingerprint density at radius 3 is 2.47 bits per heavy atom. The quantitative estimate of drug-likeness (QED) is 0.233. The van der Waals surface area contributed by atoms with Gasteiger partial charge in [0.05, 0.1) is 11.4 Å². The summed E-state index contributed by atoms with van der Waals surface area (Å²) >= 11 is 19.2. The minimum Gasteiger partial charge on any atom is -0.298 e. The fourth-order valence-corrected chi connectivity index (χ4v) is 4.59. The molecule has 10 heteroatoms. The second kappa shape index (κ2) is 9.46. The fourth-order valence-electron chi connectivity index (χ4n) is 3.12. The van der Waals surface area contributed by atoms with Gasteiger partial charge in [-0.05, 0) is 54.7 Å². The maximum atomic E-state index is 13.2. The summed E-state index contributed by atoms with van der Waals surface area (Å²) in [6.07, 6.45) is 1.47. The zero-order valence-electron chi connectivity index (χ0n) is 16.7. The van der Waals surface area contributed by atoms with Crippen LogP contribution in [0.1, 0.15) is 11.3 Å². The SMILES string of the molecule is Cn1nc(CSc2ccccc2)c(C=C2C(=O)NC(=S)N(c3ccc(Cl)cc3)C2=O)c1Cl. The van der Waals surface area contributed by atoms with E-state index in [2.05, 4.69) is 10.4 Å². The standard InChI is InChI=1S/C22H16Cl2N4O2S2/c1-27-19(24)16(18(26-27)12-32-15-5-3-2-4-6-15)11-17-20(29)25-22(31)28(21(17)30)14-9-7-13(23)8-10-14/h2-11H,12H2,1H3,(H,25,29,31). The van der Waals surface area contributed by atoms with Crippen LogP contribution in [-0.2, 0) is 22.4 Å². The molecule has 1 aliphatic rings. The first kappa shape index (κ1) is 22.5. The van der Waals surface area contributed by atoms with Crippen LogP contribution in [0.25, 0.3) is 6.08 Å². The molecular weight excluding hydrogens is 487 g/mol. The molecular formula is C22H16Cl2N4O2S2. The molecule has 1 fully saturated rings. The lowest BCUT2D eigenvalue weighted by Gasteiger charge is -2.28. The Balaban J connectivity index is 1.68. The molecule has 4 rings (SSSR count). The van der Waals surface area contributed by atoms with E-state index in [0.29, 0.717) is 32.9 Å². The monoisotopic (exact) mass is 502 g/mol. The minimum atomic E-state index is -0.591. The van der Waals surface area contributed by atoms with Crippen molar-refractivity contribution < 1.29 is 9.59 Å². The van der Waals surface area contributed by atoms with E-state index in [1.165, 1.54) is 15.7 Å². The van der Waals surface area contributed by atoms with Crippen molar-refractivity contribution in [1.82, 2.24) is 15.1 Å². The Labute approximate surface area is 204 Å². The summed E-state index contributed by atoms with van der Waals surface area (Å²) < 4.78 is 1.52. The summed E-state index contributed by atoms with van der Waals surface area (Å²) in [5.74, 6) is -0.631. The number of nitrogens with zero attached hydrogens (tertiary/aromatic N) is 3. The van der Waals surface area contributed by atoms with Crippen LogP contribution in [0, 0.1) is 0 Å². The highest BCUT2D eigenvalue weighted by atomic mass is 35.5. The highest BCUT2D eigenvalue weighted by molar-refractivity contribution is 7.98. The Kier molecular flexibility index (Phi) is 6.66. The third-order valence-corrected chi connectivity index (χ3v) is 6.69. The normalized spacial score (nSPS) is 15.4. The van der Waals surface area contributed by atoms with E-state index >= 15 is 0 Å². The summed E-state index contributed by atoms with van der Waals surface area (Å²) in [5, 5.41) is 7.88. The number of aromatic nitrogens is 2. The summed E-state index contributed by atoms with van der Waals surface area (Å²) in [7, 11) is 1.71. The molecule has 32 heavy (non-hydrogen) atoms. The van der Waals surface area contributed by atoms with Gasteiger partial charge in [-0.3, -0.25) is 24.5 Å². The summed E-state index contributed by atoms with van der Waals surface area (Å²) in [4.78, 5) is 28.2. The van der Waals surface area contributed by atoms with Gasteiger partial charge in [-0.25, -0.2) is 0 Å². The first-order valence-electron chi connectivity index (χ1n) is 9.41.